The minimum Gasteiger partial charge on any atom is -0.472 e. The topological polar surface area (TPSA) is 38.5 Å². The summed E-state index contributed by atoms with van der Waals surface area (Å²) in [5, 5.41) is 1.11. The molecule has 4 nitrogen and oxygen atoms in total. The van der Waals surface area contributed by atoms with Crippen molar-refractivity contribution in [2.45, 2.75) is 31.9 Å². The summed E-state index contributed by atoms with van der Waals surface area (Å²) in [5.41, 5.74) is 1.88. The molecule has 25 heavy (non-hydrogen) atoms. The molecule has 3 aliphatic heterocycles. The molecule has 0 aliphatic carbocycles. The lowest BCUT2D eigenvalue weighted by Crippen LogP contribution is -2.58. The maximum absolute atomic E-state index is 6.27. The van der Waals surface area contributed by atoms with Crippen LogP contribution in [0.1, 0.15) is 19.8 Å². The molecule has 2 unspecified atom stereocenters. The zero-order valence-electron chi connectivity index (χ0n) is 14.4. The van der Waals surface area contributed by atoms with Gasteiger partial charge in [-0.05, 0) is 57.0 Å². The number of piperidine rings is 3. The van der Waals surface area contributed by atoms with E-state index >= 15 is 0 Å². The summed E-state index contributed by atoms with van der Waals surface area (Å²) in [6, 6.07) is 14.6. The number of para-hydroxylation sites is 1. The van der Waals surface area contributed by atoms with Gasteiger partial charge in [0.15, 0.2) is 0 Å². The van der Waals surface area contributed by atoms with Gasteiger partial charge in [-0.2, -0.15) is 0 Å². The van der Waals surface area contributed by atoms with Crippen molar-refractivity contribution in [2.75, 3.05) is 13.1 Å². The van der Waals surface area contributed by atoms with E-state index in [0.29, 0.717) is 17.8 Å². The van der Waals surface area contributed by atoms with Gasteiger partial charge in [-0.15, -0.1) is 0 Å². The molecule has 3 aliphatic rings. The van der Waals surface area contributed by atoms with Crippen molar-refractivity contribution >= 4 is 11.0 Å². The molecule has 0 radical (unpaired) electrons. The molecule has 3 aromatic rings. The van der Waals surface area contributed by atoms with Crippen molar-refractivity contribution in [1.29, 1.82) is 0 Å². The van der Waals surface area contributed by atoms with Crippen molar-refractivity contribution in [3.63, 3.8) is 0 Å². The van der Waals surface area contributed by atoms with Crippen LogP contribution in [0.5, 0.6) is 5.88 Å². The number of benzene rings is 1. The van der Waals surface area contributed by atoms with E-state index in [4.69, 9.17) is 9.15 Å². The van der Waals surface area contributed by atoms with E-state index < -0.39 is 0 Å². The number of furan rings is 1. The summed E-state index contributed by atoms with van der Waals surface area (Å²) in [6.45, 7) is 4.70. The number of pyridine rings is 1. The molecule has 2 atom stereocenters. The highest BCUT2D eigenvalue weighted by atomic mass is 16.5. The number of hydrogen-bond acceptors (Lipinski definition) is 4. The largest absolute Gasteiger partial charge is 0.472 e. The molecule has 6 rings (SSSR count). The molecule has 1 aromatic carbocycles. The summed E-state index contributed by atoms with van der Waals surface area (Å²) in [4.78, 5) is 7.07. The van der Waals surface area contributed by atoms with E-state index in [-0.39, 0.29) is 6.10 Å². The van der Waals surface area contributed by atoms with Crippen molar-refractivity contribution in [3.05, 3.63) is 48.7 Å². The van der Waals surface area contributed by atoms with Crippen LogP contribution in [0.2, 0.25) is 0 Å². The van der Waals surface area contributed by atoms with Gasteiger partial charge in [-0.1, -0.05) is 18.2 Å². The fraction of sp³-hybridized carbons (Fsp3) is 0.381. The second kappa shape index (κ2) is 5.88. The fourth-order valence-corrected chi connectivity index (χ4v) is 4.31. The van der Waals surface area contributed by atoms with E-state index in [1.54, 1.807) is 0 Å². The maximum atomic E-state index is 6.27. The van der Waals surface area contributed by atoms with Crippen molar-refractivity contribution in [1.82, 2.24) is 9.88 Å². The molecule has 0 amide bonds. The predicted molar refractivity (Wildman–Crippen MR) is 97.6 cm³/mol. The van der Waals surface area contributed by atoms with E-state index in [1.807, 2.05) is 36.5 Å². The lowest BCUT2D eigenvalue weighted by atomic mass is 9.81. The molecule has 0 N–H and O–H groups in total. The van der Waals surface area contributed by atoms with Gasteiger partial charge in [0, 0.05) is 29.3 Å². The Hall–Kier alpha value is -2.33. The van der Waals surface area contributed by atoms with E-state index in [0.717, 1.165) is 22.3 Å². The standard InChI is InChI=1S/C21H22N2O2/c1-14-21(15-8-10-23(14)11-9-15)25-20-7-6-17(13-22-20)19-12-16-4-2-3-5-18(16)24-19/h2-7,12-15,21H,8-11H2,1H3. The van der Waals surface area contributed by atoms with E-state index in [9.17, 15) is 0 Å². The quantitative estimate of drug-likeness (QED) is 0.713. The highest BCUT2D eigenvalue weighted by Crippen LogP contribution is 2.35. The van der Waals surface area contributed by atoms with Crippen LogP contribution < -0.4 is 4.74 Å². The van der Waals surface area contributed by atoms with Crippen LogP contribution in [0.3, 0.4) is 0 Å². The van der Waals surface area contributed by atoms with Gasteiger partial charge in [-0.25, -0.2) is 4.98 Å². The Morgan fingerprint density at radius 1 is 1.12 bits per heavy atom. The molecule has 128 valence electrons. The third-order valence-corrected chi connectivity index (χ3v) is 5.79. The Bertz CT molecular complexity index is 843. The first-order chi connectivity index (χ1) is 12.3. The zero-order valence-corrected chi connectivity index (χ0v) is 14.4. The van der Waals surface area contributed by atoms with Crippen LogP contribution >= 0.6 is 0 Å². The van der Waals surface area contributed by atoms with Gasteiger partial charge in [0.25, 0.3) is 0 Å². The van der Waals surface area contributed by atoms with Crippen molar-refractivity contribution in [2.24, 2.45) is 5.92 Å². The Balaban J connectivity index is 1.36. The SMILES string of the molecule is CC1C(Oc2ccc(-c3cc4ccccc4o3)cn2)C2CCN1CC2. The number of hydrogen-bond donors (Lipinski definition) is 0. The van der Waals surface area contributed by atoms with Crippen molar-refractivity contribution in [3.8, 4) is 17.2 Å². The summed E-state index contributed by atoms with van der Waals surface area (Å²) in [5.74, 6) is 2.22. The lowest BCUT2D eigenvalue weighted by molar-refractivity contribution is -0.0525. The number of fused-ring (bicyclic) bond motifs is 4. The van der Waals surface area contributed by atoms with Gasteiger partial charge >= 0.3 is 0 Å². The predicted octanol–water partition coefficient (Wildman–Crippen LogP) is 4.36. The first-order valence-electron chi connectivity index (χ1n) is 9.14. The Morgan fingerprint density at radius 2 is 1.96 bits per heavy atom. The molecule has 5 heterocycles. The molecular weight excluding hydrogens is 312 g/mol. The third-order valence-electron chi connectivity index (χ3n) is 5.79. The Kier molecular flexibility index (Phi) is 3.52. The summed E-state index contributed by atoms with van der Waals surface area (Å²) in [7, 11) is 0. The van der Waals surface area contributed by atoms with Gasteiger partial charge in [0.05, 0.1) is 0 Å². The summed E-state index contributed by atoms with van der Waals surface area (Å²) < 4.78 is 12.2. The van der Waals surface area contributed by atoms with Crippen molar-refractivity contribution < 1.29 is 9.15 Å². The average molecular weight is 334 g/mol. The van der Waals surface area contributed by atoms with Crippen LogP contribution in [0.15, 0.2) is 53.1 Å². The highest BCUT2D eigenvalue weighted by Gasteiger charge is 2.41. The van der Waals surface area contributed by atoms with Gasteiger partial charge in [-0.3, -0.25) is 4.90 Å². The van der Waals surface area contributed by atoms with E-state index in [1.165, 1.54) is 25.9 Å². The van der Waals surface area contributed by atoms with Gasteiger partial charge < -0.3 is 9.15 Å². The first-order valence-corrected chi connectivity index (χ1v) is 9.14. The second-order valence-electron chi connectivity index (χ2n) is 7.23. The van der Waals surface area contributed by atoms with Crippen LogP contribution in [0.25, 0.3) is 22.3 Å². The molecule has 0 spiro atoms. The molecule has 0 saturated carbocycles. The monoisotopic (exact) mass is 334 g/mol. The Labute approximate surface area is 147 Å². The molecule has 2 aromatic heterocycles. The van der Waals surface area contributed by atoms with Crippen LogP contribution in [0.4, 0.5) is 0 Å². The Morgan fingerprint density at radius 3 is 2.68 bits per heavy atom. The van der Waals surface area contributed by atoms with Crippen LogP contribution in [-0.4, -0.2) is 35.1 Å². The third kappa shape index (κ3) is 2.61. The van der Waals surface area contributed by atoms with Gasteiger partial charge in [0.2, 0.25) is 5.88 Å². The maximum Gasteiger partial charge on any atom is 0.213 e. The van der Waals surface area contributed by atoms with Gasteiger partial charge in [0.1, 0.15) is 17.4 Å². The fourth-order valence-electron chi connectivity index (χ4n) is 4.31. The number of aromatic nitrogens is 1. The number of nitrogens with zero attached hydrogens (tertiary/aromatic N) is 2. The molecule has 4 heteroatoms. The minimum atomic E-state index is 0.257. The van der Waals surface area contributed by atoms with Crippen LogP contribution in [-0.2, 0) is 0 Å². The highest BCUT2D eigenvalue weighted by molar-refractivity contribution is 5.82. The lowest BCUT2D eigenvalue weighted by Gasteiger charge is -2.49. The number of rotatable bonds is 3. The average Bonchev–Trinajstić information content (AvgIpc) is 3.10. The normalized spacial score (nSPS) is 28.4. The van der Waals surface area contributed by atoms with E-state index in [2.05, 4.69) is 28.9 Å². The minimum absolute atomic E-state index is 0.257. The van der Waals surface area contributed by atoms with Crippen LogP contribution in [0, 0.1) is 5.92 Å². The molecule has 3 fully saturated rings. The molecule has 3 saturated heterocycles. The smallest absolute Gasteiger partial charge is 0.213 e. The summed E-state index contributed by atoms with van der Waals surface area (Å²) in [6.07, 6.45) is 4.59. The first kappa shape index (κ1) is 15.0. The number of ether oxygens (including phenoxy) is 1. The zero-order chi connectivity index (χ0) is 16.8. The molecule has 2 bridgehead atoms. The second-order valence-corrected chi connectivity index (χ2v) is 7.23. The summed E-state index contributed by atoms with van der Waals surface area (Å²) >= 11 is 0. The molecular formula is C21H22N2O2.